The molecule has 1 aromatic heterocycles. The van der Waals surface area contributed by atoms with E-state index in [1.807, 2.05) is 6.20 Å². The maximum absolute atomic E-state index is 12.7. The predicted molar refractivity (Wildman–Crippen MR) is 188 cm³/mol. The molecule has 2 N–H and O–H groups in total. The summed E-state index contributed by atoms with van der Waals surface area (Å²) in [7, 11) is -3.68. The molecule has 0 saturated heterocycles. The third-order valence-corrected chi connectivity index (χ3v) is 21.1. The molecule has 44 heavy (non-hydrogen) atoms. The molecule has 4 aliphatic carbocycles. The van der Waals surface area contributed by atoms with Gasteiger partial charge >= 0.3 is 0 Å². The number of carbonyl (C=O) groups excluding carboxylic acids is 1. The zero-order valence-electron chi connectivity index (χ0n) is 29.8. The number of aromatic nitrogens is 2. The van der Waals surface area contributed by atoms with Crippen molar-refractivity contribution < 1.29 is 13.6 Å². The summed E-state index contributed by atoms with van der Waals surface area (Å²) in [5, 5.41) is 0.401. The lowest BCUT2D eigenvalue weighted by atomic mass is 9.66. The molecule has 6 nitrogen and oxygen atoms in total. The average Bonchev–Trinajstić information content (AvgIpc) is 3.57. The van der Waals surface area contributed by atoms with Gasteiger partial charge in [-0.25, -0.2) is 9.97 Å². The van der Waals surface area contributed by atoms with Crippen molar-refractivity contribution in [2.24, 2.45) is 11.3 Å². The van der Waals surface area contributed by atoms with Crippen molar-refractivity contribution in [2.75, 3.05) is 5.73 Å². The normalized spacial score (nSPS) is 27.9. The van der Waals surface area contributed by atoms with E-state index >= 15 is 0 Å². The number of hydrogen-bond donors (Lipinski definition) is 1. The van der Waals surface area contributed by atoms with Crippen molar-refractivity contribution in [2.45, 2.75) is 160 Å². The van der Waals surface area contributed by atoms with Gasteiger partial charge in [-0.1, -0.05) is 79.7 Å². The largest absolute Gasteiger partial charge is 0.413 e. The lowest BCUT2D eigenvalue weighted by Crippen LogP contribution is -2.54. The number of nitrogen functional groups attached to an aromatic ring is 1. The molecule has 1 fully saturated rings. The molecular weight excluding hydrogens is 579 g/mol. The lowest BCUT2D eigenvalue weighted by Gasteiger charge is -2.49. The van der Waals surface area contributed by atoms with Crippen LogP contribution in [0.25, 0.3) is 0 Å². The molecule has 4 atom stereocenters. The summed E-state index contributed by atoms with van der Waals surface area (Å²) in [5.41, 5.74) is 8.03. The van der Waals surface area contributed by atoms with Crippen LogP contribution in [0.15, 0.2) is 30.5 Å². The molecule has 0 bridgehead atoms. The van der Waals surface area contributed by atoms with E-state index in [2.05, 4.69) is 111 Å². The standard InChI is InChI=1S/C19H31N3OSi.C17H30O2Si/c1-13-11-15(23-24(5,6)18(2,3)4)19(9-7-8-10-19)16-14(13)12-21-17(20)22-16;1-13-11-14(18)17(9-7-8-10-17)15(12-13)19-20(5,6)16(2,3)4/h7-8,12-13,15H,9-11H2,1-6H3,(H2,20,21,22);7-8,13,15H,9-12H2,1-6H3. The summed E-state index contributed by atoms with van der Waals surface area (Å²) in [4.78, 5) is 21.6. The highest BCUT2D eigenvalue weighted by atomic mass is 28.4. The number of nitrogens with two attached hydrogens (primary N) is 1. The van der Waals surface area contributed by atoms with Crippen LogP contribution in [-0.2, 0) is 19.1 Å². The van der Waals surface area contributed by atoms with Crippen LogP contribution in [0.5, 0.6) is 0 Å². The maximum atomic E-state index is 12.7. The number of anilines is 1. The van der Waals surface area contributed by atoms with E-state index in [1.165, 1.54) is 5.56 Å². The van der Waals surface area contributed by atoms with Crippen molar-refractivity contribution in [3.05, 3.63) is 41.8 Å². The number of rotatable bonds is 4. The van der Waals surface area contributed by atoms with Crippen molar-refractivity contribution >= 4 is 28.4 Å². The number of Topliss-reactive ketones (excluding diaryl/α,β-unsaturated/α-hetero) is 1. The first-order valence-electron chi connectivity index (χ1n) is 17.0. The van der Waals surface area contributed by atoms with Gasteiger partial charge in [0.15, 0.2) is 16.6 Å². The third-order valence-electron chi connectivity index (χ3n) is 12.1. The van der Waals surface area contributed by atoms with E-state index in [9.17, 15) is 4.79 Å². The van der Waals surface area contributed by atoms with Gasteiger partial charge in [0.1, 0.15) is 5.78 Å². The van der Waals surface area contributed by atoms with Crippen LogP contribution in [0.2, 0.25) is 36.3 Å². The molecule has 4 unspecified atom stereocenters. The minimum absolute atomic E-state index is 0.0611. The fourth-order valence-electron chi connectivity index (χ4n) is 7.04. The summed E-state index contributed by atoms with van der Waals surface area (Å²) in [6, 6.07) is 0. The fraction of sp³-hybridized carbons (Fsp3) is 0.750. The molecule has 2 spiro atoms. The molecular formula is C36H61N3O3Si2. The molecule has 0 aromatic carbocycles. The van der Waals surface area contributed by atoms with Crippen molar-refractivity contribution in [1.82, 2.24) is 9.97 Å². The Morgan fingerprint density at radius 2 is 1.25 bits per heavy atom. The van der Waals surface area contributed by atoms with Crippen molar-refractivity contribution in [3.63, 3.8) is 0 Å². The van der Waals surface area contributed by atoms with Crippen LogP contribution in [0, 0.1) is 11.3 Å². The zero-order valence-corrected chi connectivity index (χ0v) is 31.8. The van der Waals surface area contributed by atoms with Gasteiger partial charge in [-0.05, 0) is 92.2 Å². The first-order chi connectivity index (χ1) is 20.2. The number of carbonyl (C=O) groups is 1. The van der Waals surface area contributed by atoms with Crippen LogP contribution < -0.4 is 5.73 Å². The quantitative estimate of drug-likeness (QED) is 0.261. The molecule has 8 heteroatoms. The topological polar surface area (TPSA) is 87.3 Å². The Morgan fingerprint density at radius 3 is 1.73 bits per heavy atom. The number of nitrogens with zero attached hydrogens (tertiary/aromatic N) is 2. The highest BCUT2D eigenvalue weighted by Crippen LogP contribution is 2.53. The molecule has 0 amide bonds. The summed E-state index contributed by atoms with van der Waals surface area (Å²) in [6.07, 6.45) is 17.7. The predicted octanol–water partition coefficient (Wildman–Crippen LogP) is 9.26. The van der Waals surface area contributed by atoms with E-state index in [4.69, 9.17) is 19.6 Å². The molecule has 0 aliphatic heterocycles. The summed E-state index contributed by atoms with van der Waals surface area (Å²) in [6.45, 7) is 27.5. The van der Waals surface area contributed by atoms with Gasteiger partial charge < -0.3 is 14.6 Å². The molecule has 4 aliphatic rings. The molecule has 1 aromatic rings. The molecule has 5 rings (SSSR count). The smallest absolute Gasteiger partial charge is 0.220 e. The zero-order chi connectivity index (χ0) is 32.9. The summed E-state index contributed by atoms with van der Waals surface area (Å²) < 4.78 is 13.6. The van der Waals surface area contributed by atoms with E-state index < -0.39 is 16.6 Å². The number of hydrogen-bond acceptors (Lipinski definition) is 6. The van der Waals surface area contributed by atoms with Gasteiger partial charge in [0, 0.05) is 18.0 Å². The lowest BCUT2D eigenvalue weighted by molar-refractivity contribution is -0.140. The average molecular weight is 640 g/mol. The highest BCUT2D eigenvalue weighted by molar-refractivity contribution is 6.74. The number of allylic oxidation sites excluding steroid dienone is 4. The molecule has 0 radical (unpaired) electrons. The number of fused-ring (bicyclic) bond motifs is 2. The molecule has 1 heterocycles. The van der Waals surface area contributed by atoms with Crippen LogP contribution >= 0.6 is 0 Å². The second-order valence-corrected chi connectivity index (χ2v) is 27.0. The minimum atomic E-state index is -1.85. The van der Waals surface area contributed by atoms with Gasteiger partial charge in [-0.3, -0.25) is 4.79 Å². The Bertz CT molecular complexity index is 1260. The van der Waals surface area contributed by atoms with E-state index in [0.717, 1.165) is 50.6 Å². The third kappa shape index (κ3) is 6.60. The second kappa shape index (κ2) is 12.2. The van der Waals surface area contributed by atoms with Crippen LogP contribution in [-0.4, -0.2) is 44.6 Å². The SMILES string of the molecule is CC1CC(=O)C2(CC=CC2)C(O[Si](C)(C)C(C)(C)C)C1.CC1CC(O[Si](C)(C)C(C)(C)C)C2(CC=CC2)c2nc(N)ncc21. The first kappa shape index (κ1) is 35.2. The highest BCUT2D eigenvalue weighted by Gasteiger charge is 2.54. The van der Waals surface area contributed by atoms with Gasteiger partial charge in [-0.15, -0.1) is 0 Å². The Hall–Kier alpha value is -1.62. The maximum Gasteiger partial charge on any atom is 0.220 e. The Morgan fingerprint density at radius 1 is 0.795 bits per heavy atom. The van der Waals surface area contributed by atoms with Crippen molar-refractivity contribution in [3.8, 4) is 0 Å². The minimum Gasteiger partial charge on any atom is -0.413 e. The van der Waals surface area contributed by atoms with Gasteiger partial charge in [-0.2, -0.15) is 0 Å². The summed E-state index contributed by atoms with van der Waals surface area (Å²) in [5.74, 6) is 1.68. The molecule has 1 saturated carbocycles. The number of ketones is 1. The first-order valence-corrected chi connectivity index (χ1v) is 22.8. The van der Waals surface area contributed by atoms with Crippen LogP contribution in [0.4, 0.5) is 5.95 Å². The monoisotopic (exact) mass is 639 g/mol. The Labute approximate surface area is 270 Å². The van der Waals surface area contributed by atoms with Crippen molar-refractivity contribution in [1.29, 1.82) is 0 Å². The van der Waals surface area contributed by atoms with E-state index in [0.29, 0.717) is 23.6 Å². The van der Waals surface area contributed by atoms with E-state index in [1.54, 1.807) is 0 Å². The Balaban J connectivity index is 0.000000204. The van der Waals surface area contributed by atoms with E-state index in [-0.39, 0.29) is 33.1 Å². The molecule has 246 valence electrons. The van der Waals surface area contributed by atoms with Gasteiger partial charge in [0.2, 0.25) is 5.95 Å². The summed E-state index contributed by atoms with van der Waals surface area (Å²) >= 11 is 0. The second-order valence-electron chi connectivity index (χ2n) is 17.4. The van der Waals surface area contributed by atoms with Gasteiger partial charge in [0.25, 0.3) is 0 Å². The van der Waals surface area contributed by atoms with Crippen LogP contribution in [0.3, 0.4) is 0 Å². The fourth-order valence-corrected chi connectivity index (χ4v) is 9.81. The van der Waals surface area contributed by atoms with Gasteiger partial charge in [0.05, 0.1) is 23.3 Å². The van der Waals surface area contributed by atoms with Crippen LogP contribution in [0.1, 0.15) is 118 Å². The Kier molecular flexibility index (Phi) is 9.77.